The van der Waals surface area contributed by atoms with E-state index in [2.05, 4.69) is 63.2 Å². The Morgan fingerprint density at radius 1 is 0.944 bits per heavy atom. The smallest absolute Gasteiger partial charge is 0.0675 e. The van der Waals surface area contributed by atoms with E-state index in [0.29, 0.717) is 0 Å². The minimum Gasteiger partial charge on any atom is -0.252 e. The van der Waals surface area contributed by atoms with Gasteiger partial charge >= 0.3 is 0 Å². The van der Waals surface area contributed by atoms with Crippen molar-refractivity contribution in [3.63, 3.8) is 0 Å². The van der Waals surface area contributed by atoms with Crippen LogP contribution < -0.4 is 0 Å². The molecule has 18 heavy (non-hydrogen) atoms. The van der Waals surface area contributed by atoms with Crippen molar-refractivity contribution in [1.82, 2.24) is 0 Å². The molecule has 0 fully saturated rings. The fourth-order valence-electron chi connectivity index (χ4n) is 2.66. The highest BCUT2D eigenvalue weighted by molar-refractivity contribution is 6.12. The number of hydrogen-bond acceptors (Lipinski definition) is 1. The molecular formula is C17H17N. The van der Waals surface area contributed by atoms with Gasteiger partial charge in [0.05, 0.1) is 11.4 Å². The van der Waals surface area contributed by atoms with Crippen LogP contribution in [0.25, 0.3) is 0 Å². The first kappa shape index (κ1) is 11.2. The third-order valence-electron chi connectivity index (χ3n) is 3.70. The van der Waals surface area contributed by atoms with E-state index in [4.69, 9.17) is 4.99 Å². The number of aliphatic imine (C=N–C) groups is 1. The zero-order valence-corrected chi connectivity index (χ0v) is 11.1. The largest absolute Gasteiger partial charge is 0.252 e. The maximum absolute atomic E-state index is 4.83. The molecule has 0 saturated heterocycles. The summed E-state index contributed by atoms with van der Waals surface area (Å²) in [6, 6.07) is 17.0. The van der Waals surface area contributed by atoms with Crippen LogP contribution >= 0.6 is 0 Å². The summed E-state index contributed by atoms with van der Waals surface area (Å²) >= 11 is 0. The quantitative estimate of drug-likeness (QED) is 0.694. The molecule has 3 rings (SSSR count). The number of aryl methyl sites for hydroxylation is 1. The van der Waals surface area contributed by atoms with Crippen LogP contribution in [-0.4, -0.2) is 5.71 Å². The first-order valence-corrected chi connectivity index (χ1v) is 6.35. The fraction of sp³-hybridized carbons (Fsp3) is 0.235. The summed E-state index contributed by atoms with van der Waals surface area (Å²) in [5.74, 6) is 0. The van der Waals surface area contributed by atoms with Crippen LogP contribution in [0, 0.1) is 6.92 Å². The molecule has 2 aromatic carbocycles. The van der Waals surface area contributed by atoms with Crippen LogP contribution in [0.1, 0.15) is 30.5 Å². The fourth-order valence-corrected chi connectivity index (χ4v) is 2.66. The lowest BCUT2D eigenvalue weighted by Crippen LogP contribution is -2.26. The first-order valence-electron chi connectivity index (χ1n) is 6.35. The molecule has 1 heteroatoms. The van der Waals surface area contributed by atoms with Crippen molar-refractivity contribution in [3.8, 4) is 0 Å². The number of fused-ring (bicyclic) bond motifs is 1. The maximum Gasteiger partial charge on any atom is 0.0675 e. The van der Waals surface area contributed by atoms with Gasteiger partial charge in [-0.25, -0.2) is 0 Å². The highest BCUT2D eigenvalue weighted by Crippen LogP contribution is 2.42. The van der Waals surface area contributed by atoms with Crippen LogP contribution in [0.15, 0.2) is 53.5 Å². The molecule has 0 saturated carbocycles. The Kier molecular flexibility index (Phi) is 2.37. The Balaban J connectivity index is 2.16. The summed E-state index contributed by atoms with van der Waals surface area (Å²) in [6.45, 7) is 6.64. The average molecular weight is 235 g/mol. The van der Waals surface area contributed by atoms with Gasteiger partial charge in [0.25, 0.3) is 0 Å². The molecule has 0 radical (unpaired) electrons. The van der Waals surface area contributed by atoms with Crippen molar-refractivity contribution in [1.29, 1.82) is 0 Å². The van der Waals surface area contributed by atoms with Gasteiger partial charge in [0, 0.05) is 5.41 Å². The van der Waals surface area contributed by atoms with Crippen molar-refractivity contribution < 1.29 is 0 Å². The van der Waals surface area contributed by atoms with Crippen LogP contribution in [-0.2, 0) is 5.41 Å². The zero-order valence-electron chi connectivity index (χ0n) is 11.1. The maximum atomic E-state index is 4.83. The number of hydrogen-bond donors (Lipinski definition) is 0. The molecule has 0 aliphatic carbocycles. The van der Waals surface area contributed by atoms with E-state index in [1.54, 1.807) is 0 Å². The third kappa shape index (κ3) is 1.59. The van der Waals surface area contributed by atoms with E-state index in [1.807, 2.05) is 6.07 Å². The Hall–Kier alpha value is -1.89. The minimum atomic E-state index is -0.0112. The van der Waals surface area contributed by atoms with Gasteiger partial charge < -0.3 is 0 Å². The highest BCUT2D eigenvalue weighted by atomic mass is 14.8. The van der Waals surface area contributed by atoms with Crippen LogP contribution in [0.5, 0.6) is 0 Å². The third-order valence-corrected chi connectivity index (χ3v) is 3.70. The standard InChI is InChI=1S/C17H17N/c1-12-9-10-15-14(11-12)17(2,3)16(18-15)13-7-5-4-6-8-13/h4-11H,1-3H3. The van der Waals surface area contributed by atoms with E-state index >= 15 is 0 Å². The summed E-state index contributed by atoms with van der Waals surface area (Å²) in [5.41, 5.74) is 6.13. The summed E-state index contributed by atoms with van der Waals surface area (Å²) < 4.78 is 0. The molecule has 1 aliphatic rings. The highest BCUT2D eigenvalue weighted by Gasteiger charge is 2.35. The van der Waals surface area contributed by atoms with Gasteiger partial charge in [-0.15, -0.1) is 0 Å². The second kappa shape index (κ2) is 3.81. The van der Waals surface area contributed by atoms with Crippen molar-refractivity contribution in [2.24, 2.45) is 4.99 Å². The summed E-state index contributed by atoms with van der Waals surface area (Å²) in [4.78, 5) is 4.83. The Morgan fingerprint density at radius 3 is 2.39 bits per heavy atom. The first-order chi connectivity index (χ1) is 8.59. The monoisotopic (exact) mass is 235 g/mol. The Labute approximate surface area is 108 Å². The van der Waals surface area contributed by atoms with Crippen molar-refractivity contribution in [2.75, 3.05) is 0 Å². The van der Waals surface area contributed by atoms with Gasteiger partial charge in [-0.2, -0.15) is 0 Å². The molecule has 0 N–H and O–H groups in total. The molecule has 90 valence electrons. The molecule has 0 unspecified atom stereocenters. The van der Waals surface area contributed by atoms with E-state index in [0.717, 1.165) is 5.69 Å². The minimum absolute atomic E-state index is 0.0112. The predicted molar refractivity (Wildman–Crippen MR) is 76.8 cm³/mol. The van der Waals surface area contributed by atoms with Gasteiger partial charge in [-0.3, -0.25) is 4.99 Å². The van der Waals surface area contributed by atoms with Crippen molar-refractivity contribution >= 4 is 11.4 Å². The average Bonchev–Trinajstić information content (AvgIpc) is 2.63. The lowest BCUT2D eigenvalue weighted by atomic mass is 9.78. The molecule has 0 amide bonds. The second-order valence-corrected chi connectivity index (χ2v) is 5.47. The summed E-state index contributed by atoms with van der Waals surface area (Å²) in [5, 5.41) is 0. The Morgan fingerprint density at radius 2 is 1.67 bits per heavy atom. The number of rotatable bonds is 1. The normalized spacial score (nSPS) is 16.3. The number of benzene rings is 2. The molecule has 1 nitrogen and oxygen atoms in total. The molecule has 0 bridgehead atoms. The molecule has 1 aliphatic heterocycles. The summed E-state index contributed by atoms with van der Waals surface area (Å²) in [7, 11) is 0. The lowest BCUT2D eigenvalue weighted by Gasteiger charge is -2.22. The molecule has 0 atom stereocenters. The van der Waals surface area contributed by atoms with E-state index < -0.39 is 0 Å². The van der Waals surface area contributed by atoms with E-state index in [9.17, 15) is 0 Å². The van der Waals surface area contributed by atoms with Crippen molar-refractivity contribution in [2.45, 2.75) is 26.2 Å². The lowest BCUT2D eigenvalue weighted by molar-refractivity contribution is 0.736. The van der Waals surface area contributed by atoms with Gasteiger partial charge in [-0.05, 0) is 24.1 Å². The Bertz CT molecular complexity index is 621. The summed E-state index contributed by atoms with van der Waals surface area (Å²) in [6.07, 6.45) is 0. The predicted octanol–water partition coefficient (Wildman–Crippen LogP) is 4.41. The zero-order chi connectivity index (χ0) is 12.8. The molecule has 1 heterocycles. The van der Waals surface area contributed by atoms with Gasteiger partial charge in [0.1, 0.15) is 0 Å². The van der Waals surface area contributed by atoms with Gasteiger partial charge in [0.2, 0.25) is 0 Å². The van der Waals surface area contributed by atoms with Crippen LogP contribution in [0.2, 0.25) is 0 Å². The van der Waals surface area contributed by atoms with Gasteiger partial charge in [-0.1, -0.05) is 61.9 Å². The van der Waals surface area contributed by atoms with E-state index in [1.165, 1.54) is 22.4 Å². The SMILES string of the molecule is Cc1ccc2c(c1)C(C)(C)C(c1ccccc1)=N2. The van der Waals surface area contributed by atoms with Crippen LogP contribution in [0.3, 0.4) is 0 Å². The number of nitrogens with zero attached hydrogens (tertiary/aromatic N) is 1. The second-order valence-electron chi connectivity index (χ2n) is 5.47. The van der Waals surface area contributed by atoms with Gasteiger partial charge in [0.15, 0.2) is 0 Å². The molecule has 0 spiro atoms. The van der Waals surface area contributed by atoms with Crippen molar-refractivity contribution in [3.05, 3.63) is 65.2 Å². The molecular weight excluding hydrogens is 218 g/mol. The van der Waals surface area contributed by atoms with Crippen LogP contribution in [0.4, 0.5) is 5.69 Å². The topological polar surface area (TPSA) is 12.4 Å². The van der Waals surface area contributed by atoms with E-state index in [-0.39, 0.29) is 5.41 Å². The molecule has 2 aromatic rings. The molecule has 0 aromatic heterocycles.